The van der Waals surface area contributed by atoms with Gasteiger partial charge in [-0.05, 0) is 30.3 Å². The Morgan fingerprint density at radius 2 is 1.78 bits per heavy atom. The van der Waals surface area contributed by atoms with E-state index >= 15 is 0 Å². The molecule has 0 aromatic heterocycles. The van der Waals surface area contributed by atoms with Gasteiger partial charge in [-0.25, -0.2) is 9.18 Å². The van der Waals surface area contributed by atoms with Gasteiger partial charge in [0.25, 0.3) is 0 Å². The van der Waals surface area contributed by atoms with Crippen LogP contribution in [0.25, 0.3) is 0 Å². The summed E-state index contributed by atoms with van der Waals surface area (Å²) in [5.41, 5.74) is 0.622. The highest BCUT2D eigenvalue weighted by Gasteiger charge is 2.09. The van der Waals surface area contributed by atoms with Gasteiger partial charge in [0.15, 0.2) is 0 Å². The monoisotopic (exact) mass is 355 g/mol. The van der Waals surface area contributed by atoms with Crippen LogP contribution in [0.15, 0.2) is 42.5 Å². The Kier molecular flexibility index (Phi) is 5.78. The van der Waals surface area contributed by atoms with Crippen LogP contribution in [0.5, 0.6) is 0 Å². The molecule has 0 unspecified atom stereocenters. The molecule has 0 aliphatic rings. The van der Waals surface area contributed by atoms with E-state index < -0.39 is 17.8 Å². The number of halogens is 3. The summed E-state index contributed by atoms with van der Waals surface area (Å²) in [6.45, 7) is -0.291. The lowest BCUT2D eigenvalue weighted by Crippen LogP contribution is -2.35. The Bertz CT molecular complexity index is 740. The summed E-state index contributed by atoms with van der Waals surface area (Å²) in [5, 5.41) is 7.78. The van der Waals surface area contributed by atoms with Crippen molar-refractivity contribution >= 4 is 46.5 Å². The summed E-state index contributed by atoms with van der Waals surface area (Å²) in [7, 11) is 0. The van der Waals surface area contributed by atoms with Crippen LogP contribution in [0.1, 0.15) is 0 Å². The molecule has 0 aliphatic heterocycles. The largest absolute Gasteiger partial charge is 0.329 e. The molecule has 0 aliphatic carbocycles. The van der Waals surface area contributed by atoms with Gasteiger partial charge in [-0.3, -0.25) is 4.79 Å². The van der Waals surface area contributed by atoms with Crippen LogP contribution < -0.4 is 16.0 Å². The summed E-state index contributed by atoms with van der Waals surface area (Å²) in [4.78, 5) is 23.4. The number of rotatable bonds is 4. The summed E-state index contributed by atoms with van der Waals surface area (Å²) in [5.74, 6) is -0.966. The SMILES string of the molecule is O=C(CNC(=O)Nc1cccc(Cl)c1Cl)Nc1cccc(F)c1. The second-order valence-electron chi connectivity index (χ2n) is 4.47. The van der Waals surface area contributed by atoms with Crippen molar-refractivity contribution in [2.24, 2.45) is 0 Å². The van der Waals surface area contributed by atoms with Gasteiger partial charge in [0.2, 0.25) is 5.91 Å². The first-order chi connectivity index (χ1) is 11.0. The fourth-order valence-electron chi connectivity index (χ4n) is 1.70. The number of hydrogen-bond acceptors (Lipinski definition) is 2. The maximum atomic E-state index is 13.0. The van der Waals surface area contributed by atoms with Crippen molar-refractivity contribution in [1.29, 1.82) is 0 Å². The zero-order valence-corrected chi connectivity index (χ0v) is 13.2. The van der Waals surface area contributed by atoms with Crippen molar-refractivity contribution in [1.82, 2.24) is 5.32 Å². The molecular formula is C15H12Cl2FN3O2. The molecule has 120 valence electrons. The van der Waals surface area contributed by atoms with Gasteiger partial charge >= 0.3 is 6.03 Å². The fourth-order valence-corrected chi connectivity index (χ4v) is 2.05. The first-order valence-electron chi connectivity index (χ1n) is 6.50. The fraction of sp³-hybridized carbons (Fsp3) is 0.0667. The third-order valence-electron chi connectivity index (χ3n) is 2.72. The minimum absolute atomic E-state index is 0.202. The van der Waals surface area contributed by atoms with E-state index in [1.165, 1.54) is 24.3 Å². The standard InChI is InChI=1S/C15H12Cl2FN3O2/c16-11-5-2-6-12(14(11)17)21-15(23)19-8-13(22)20-10-4-1-3-9(18)7-10/h1-7H,8H2,(H,20,22)(H2,19,21,23). The molecule has 0 saturated carbocycles. The van der Waals surface area contributed by atoms with Crippen molar-refractivity contribution in [2.75, 3.05) is 17.2 Å². The minimum Gasteiger partial charge on any atom is -0.329 e. The van der Waals surface area contributed by atoms with Gasteiger partial charge in [-0.1, -0.05) is 35.3 Å². The van der Waals surface area contributed by atoms with Crippen molar-refractivity contribution in [3.8, 4) is 0 Å². The molecule has 2 aromatic rings. The number of urea groups is 1. The molecule has 0 radical (unpaired) electrons. The maximum absolute atomic E-state index is 13.0. The van der Waals surface area contributed by atoms with E-state index in [1.54, 1.807) is 18.2 Å². The molecule has 23 heavy (non-hydrogen) atoms. The first-order valence-corrected chi connectivity index (χ1v) is 7.25. The number of carbonyl (C=O) groups is 2. The zero-order valence-electron chi connectivity index (χ0n) is 11.7. The van der Waals surface area contributed by atoms with Gasteiger partial charge in [-0.2, -0.15) is 0 Å². The number of nitrogens with one attached hydrogen (secondary N) is 3. The van der Waals surface area contributed by atoms with E-state index in [1.807, 2.05) is 0 Å². The number of carbonyl (C=O) groups excluding carboxylic acids is 2. The first kappa shape index (κ1) is 17.1. The summed E-state index contributed by atoms with van der Waals surface area (Å²) in [6.07, 6.45) is 0. The van der Waals surface area contributed by atoms with Gasteiger partial charge in [0.05, 0.1) is 22.3 Å². The Hall–Kier alpha value is -2.31. The number of anilines is 2. The molecule has 8 heteroatoms. The van der Waals surface area contributed by atoms with Crippen LogP contribution in [0.3, 0.4) is 0 Å². The van der Waals surface area contributed by atoms with E-state index in [0.717, 1.165) is 0 Å². The molecule has 0 atom stereocenters. The lowest BCUT2D eigenvalue weighted by Gasteiger charge is -2.10. The van der Waals surface area contributed by atoms with Gasteiger partial charge in [0.1, 0.15) is 5.82 Å². The molecule has 3 amide bonds. The van der Waals surface area contributed by atoms with E-state index in [4.69, 9.17) is 23.2 Å². The third-order valence-corrected chi connectivity index (χ3v) is 3.54. The summed E-state index contributed by atoms with van der Waals surface area (Å²) < 4.78 is 13.0. The van der Waals surface area contributed by atoms with Crippen LogP contribution >= 0.6 is 23.2 Å². The molecular weight excluding hydrogens is 344 g/mol. The van der Waals surface area contributed by atoms with Crippen molar-refractivity contribution in [3.05, 3.63) is 58.3 Å². The van der Waals surface area contributed by atoms with Crippen LogP contribution in [-0.4, -0.2) is 18.5 Å². The molecule has 2 rings (SSSR count). The third kappa shape index (κ3) is 5.12. The van der Waals surface area contributed by atoms with Crippen molar-refractivity contribution in [2.45, 2.75) is 0 Å². The van der Waals surface area contributed by atoms with Gasteiger partial charge in [0, 0.05) is 5.69 Å². The molecule has 0 saturated heterocycles. The second kappa shape index (κ2) is 7.80. The maximum Gasteiger partial charge on any atom is 0.319 e. The highest BCUT2D eigenvalue weighted by molar-refractivity contribution is 6.43. The average molecular weight is 356 g/mol. The second-order valence-corrected chi connectivity index (χ2v) is 5.25. The van der Waals surface area contributed by atoms with Crippen LogP contribution in [0.2, 0.25) is 10.0 Å². The minimum atomic E-state index is -0.622. The highest BCUT2D eigenvalue weighted by Crippen LogP contribution is 2.29. The van der Waals surface area contributed by atoms with E-state index in [0.29, 0.717) is 16.4 Å². The van der Waals surface area contributed by atoms with Crippen LogP contribution in [0, 0.1) is 5.82 Å². The lowest BCUT2D eigenvalue weighted by molar-refractivity contribution is -0.115. The van der Waals surface area contributed by atoms with Crippen LogP contribution in [-0.2, 0) is 4.79 Å². The van der Waals surface area contributed by atoms with Gasteiger partial charge < -0.3 is 16.0 Å². The highest BCUT2D eigenvalue weighted by atomic mass is 35.5. The average Bonchev–Trinajstić information content (AvgIpc) is 2.50. The zero-order chi connectivity index (χ0) is 16.8. The molecule has 0 fully saturated rings. The number of hydrogen-bond donors (Lipinski definition) is 3. The van der Waals surface area contributed by atoms with Crippen LogP contribution in [0.4, 0.5) is 20.6 Å². The molecule has 2 aromatic carbocycles. The van der Waals surface area contributed by atoms with E-state index in [-0.39, 0.29) is 11.6 Å². The topological polar surface area (TPSA) is 70.2 Å². The molecule has 0 heterocycles. The predicted molar refractivity (Wildman–Crippen MR) is 88.5 cm³/mol. The number of benzene rings is 2. The molecule has 3 N–H and O–H groups in total. The Labute approximate surface area is 141 Å². The Morgan fingerprint density at radius 3 is 2.52 bits per heavy atom. The molecule has 5 nitrogen and oxygen atoms in total. The molecule has 0 spiro atoms. The Balaban J connectivity index is 1.84. The van der Waals surface area contributed by atoms with E-state index in [2.05, 4.69) is 16.0 Å². The summed E-state index contributed by atoms with van der Waals surface area (Å²) >= 11 is 11.8. The van der Waals surface area contributed by atoms with Gasteiger partial charge in [-0.15, -0.1) is 0 Å². The van der Waals surface area contributed by atoms with Crippen molar-refractivity contribution in [3.63, 3.8) is 0 Å². The normalized spacial score (nSPS) is 10.0. The predicted octanol–water partition coefficient (Wildman–Crippen LogP) is 3.89. The lowest BCUT2D eigenvalue weighted by atomic mass is 10.3. The Morgan fingerprint density at radius 1 is 1.04 bits per heavy atom. The number of amides is 3. The molecule has 0 bridgehead atoms. The summed E-state index contributed by atoms with van der Waals surface area (Å²) in [6, 6.07) is 9.59. The quantitative estimate of drug-likeness (QED) is 0.778. The van der Waals surface area contributed by atoms with E-state index in [9.17, 15) is 14.0 Å². The van der Waals surface area contributed by atoms with Crippen molar-refractivity contribution < 1.29 is 14.0 Å². The smallest absolute Gasteiger partial charge is 0.319 e.